The molecule has 0 aliphatic heterocycles. The molecule has 0 fully saturated rings. The molecule has 0 saturated heterocycles. The molecule has 12 nitrogen and oxygen atoms in total. The van der Waals surface area contributed by atoms with Crippen molar-refractivity contribution in [2.75, 3.05) is 23.9 Å². The maximum atomic E-state index is 12.8. The predicted molar refractivity (Wildman–Crippen MR) is 131 cm³/mol. The van der Waals surface area contributed by atoms with E-state index in [1.54, 1.807) is 0 Å². The minimum atomic E-state index is -2.49. The topological polar surface area (TPSA) is 166 Å². The van der Waals surface area contributed by atoms with E-state index < -0.39 is 47.5 Å². The molecule has 14 heteroatoms. The zero-order chi connectivity index (χ0) is 25.7. The van der Waals surface area contributed by atoms with Crippen LogP contribution in [0.2, 0.25) is 0 Å². The zero-order valence-corrected chi connectivity index (χ0v) is 20.5. The van der Waals surface area contributed by atoms with Gasteiger partial charge in [0.05, 0.1) is 12.2 Å². The molecule has 3 N–H and O–H groups in total. The Bertz CT molecular complexity index is 1370. The smallest absolute Gasteiger partial charge is 0.328 e. The highest BCUT2D eigenvalue weighted by molar-refractivity contribution is 7.81. The number of nitrogens with zero attached hydrogens (tertiary/aromatic N) is 4. The van der Waals surface area contributed by atoms with E-state index in [0.717, 1.165) is 24.2 Å². The zero-order valence-electron chi connectivity index (χ0n) is 18.8. The lowest BCUT2D eigenvalue weighted by atomic mass is 10.1. The lowest BCUT2D eigenvalue weighted by Crippen LogP contribution is -2.44. The lowest BCUT2D eigenvalue weighted by molar-refractivity contribution is -0.144. The second-order valence-electron chi connectivity index (χ2n) is 7.51. The van der Waals surface area contributed by atoms with Crippen molar-refractivity contribution in [3.8, 4) is 11.3 Å². The van der Waals surface area contributed by atoms with E-state index >= 15 is 0 Å². The van der Waals surface area contributed by atoms with Crippen LogP contribution in [-0.2, 0) is 27.4 Å². The number of hydrogen-bond acceptors (Lipinski definition) is 7. The van der Waals surface area contributed by atoms with Crippen LogP contribution < -0.4 is 15.6 Å². The number of H-pyrrole nitrogens is 1. The summed E-state index contributed by atoms with van der Waals surface area (Å²) in [5.74, 6) is -2.01. The second-order valence-corrected chi connectivity index (χ2v) is 9.59. The van der Waals surface area contributed by atoms with Gasteiger partial charge in [0, 0.05) is 28.7 Å². The molecule has 0 aliphatic carbocycles. The number of aromatic amines is 1. The maximum Gasteiger partial charge on any atom is 0.328 e. The van der Waals surface area contributed by atoms with E-state index in [-0.39, 0.29) is 23.8 Å². The van der Waals surface area contributed by atoms with E-state index in [1.165, 1.54) is 24.5 Å². The Kier molecular flexibility index (Phi) is 8.32. The van der Waals surface area contributed by atoms with Crippen molar-refractivity contribution < 1.29 is 23.5 Å². The number of anilines is 1. The number of carbonyl (C=O) groups is 2. The van der Waals surface area contributed by atoms with Crippen molar-refractivity contribution in [1.29, 1.82) is 0 Å². The molecule has 3 aromatic rings. The number of aliphatic carboxylic acids is 1. The monoisotopic (exact) mass is 521 g/mol. The fraction of sp³-hybridized carbons (Fsp3) is 0.286. The van der Waals surface area contributed by atoms with Crippen LogP contribution in [0.4, 0.5) is 5.13 Å². The first kappa shape index (κ1) is 26.0. The van der Waals surface area contributed by atoms with Gasteiger partial charge < -0.3 is 10.0 Å². The summed E-state index contributed by atoms with van der Waals surface area (Å²) < 4.78 is 24.0. The van der Waals surface area contributed by atoms with Crippen molar-refractivity contribution in [1.82, 2.24) is 19.4 Å². The first-order chi connectivity index (χ1) is 16.6. The number of rotatable bonds is 10. The highest BCUT2D eigenvalue weighted by atomic mass is 32.2. The number of benzene rings is 1. The quantitative estimate of drug-likeness (QED) is 0.330. The molecule has 1 aromatic carbocycles. The van der Waals surface area contributed by atoms with Gasteiger partial charge in [-0.2, -0.15) is 0 Å². The minimum absolute atomic E-state index is 0.192. The van der Waals surface area contributed by atoms with Gasteiger partial charge in [-0.05, 0) is 13.8 Å². The van der Waals surface area contributed by atoms with Crippen LogP contribution >= 0.6 is 11.3 Å². The Morgan fingerprint density at radius 1 is 1.17 bits per heavy atom. The third kappa shape index (κ3) is 6.49. The molecule has 35 heavy (non-hydrogen) atoms. The first-order valence-corrected chi connectivity index (χ1v) is 12.2. The fourth-order valence-electron chi connectivity index (χ4n) is 3.24. The minimum Gasteiger partial charge on any atom is -0.480 e. The normalized spacial score (nSPS) is 11.7. The number of carbonyl (C=O) groups excluding carboxylic acids is 1. The Hall–Kier alpha value is -3.62. The van der Waals surface area contributed by atoms with Crippen molar-refractivity contribution in [3.63, 3.8) is 0 Å². The van der Waals surface area contributed by atoms with Crippen molar-refractivity contribution in [2.24, 2.45) is 0 Å². The number of carboxylic acid groups (broad SMARTS) is 1. The number of nitrogens with one attached hydrogen (secondary N) is 1. The summed E-state index contributed by atoms with van der Waals surface area (Å²) in [5.41, 5.74) is 0.287. The van der Waals surface area contributed by atoms with E-state index in [0.29, 0.717) is 5.69 Å². The van der Waals surface area contributed by atoms with Gasteiger partial charge in [0.1, 0.15) is 13.1 Å². The summed E-state index contributed by atoms with van der Waals surface area (Å²) in [6.45, 7) is 1.67. The lowest BCUT2D eigenvalue weighted by Gasteiger charge is -2.24. The third-order valence-corrected chi connectivity index (χ3v) is 6.82. The van der Waals surface area contributed by atoms with Crippen molar-refractivity contribution >= 4 is 39.6 Å². The average Bonchev–Trinajstić information content (AvgIpc) is 3.18. The van der Waals surface area contributed by atoms with Gasteiger partial charge in [-0.15, -0.1) is 11.3 Å². The molecule has 1 unspecified atom stereocenters. The molecule has 2 aromatic heterocycles. The average molecular weight is 522 g/mol. The molecule has 186 valence electrons. The van der Waals surface area contributed by atoms with Gasteiger partial charge in [0.15, 0.2) is 5.13 Å². The summed E-state index contributed by atoms with van der Waals surface area (Å²) in [4.78, 5) is 56.0. The third-order valence-electron chi connectivity index (χ3n) is 4.98. The van der Waals surface area contributed by atoms with Gasteiger partial charge in [0.2, 0.25) is 5.91 Å². The molecule has 1 amide bonds. The van der Waals surface area contributed by atoms with Crippen LogP contribution in [0.1, 0.15) is 10.4 Å². The molecule has 0 radical (unpaired) electrons. The maximum absolute atomic E-state index is 12.8. The summed E-state index contributed by atoms with van der Waals surface area (Å²) >= 11 is -1.30. The van der Waals surface area contributed by atoms with Crippen LogP contribution in [0.15, 0.2) is 46.1 Å². The summed E-state index contributed by atoms with van der Waals surface area (Å²) in [6, 6.07) is 9.28. The molecule has 0 spiro atoms. The number of thiazole rings is 1. The number of aryl methyl sites for hydroxylation is 2. The molecule has 2 heterocycles. The molecule has 1 atom stereocenters. The van der Waals surface area contributed by atoms with Gasteiger partial charge in [-0.25, -0.2) is 18.3 Å². The Balaban J connectivity index is 1.80. The molecular weight excluding hydrogens is 498 g/mol. The molecule has 0 bridgehead atoms. The number of amides is 1. The largest absolute Gasteiger partial charge is 0.480 e. The van der Waals surface area contributed by atoms with Crippen LogP contribution in [-0.4, -0.2) is 64.8 Å². The highest BCUT2D eigenvalue weighted by Gasteiger charge is 2.23. The van der Waals surface area contributed by atoms with Gasteiger partial charge >= 0.3 is 11.7 Å². The van der Waals surface area contributed by atoms with Gasteiger partial charge in [0.25, 0.3) is 16.8 Å². The van der Waals surface area contributed by atoms with Gasteiger partial charge in [-0.3, -0.25) is 28.5 Å². The van der Waals surface area contributed by atoms with Gasteiger partial charge in [-0.1, -0.05) is 30.3 Å². The van der Waals surface area contributed by atoms with E-state index in [2.05, 4.69) is 9.97 Å². The van der Waals surface area contributed by atoms with Crippen molar-refractivity contribution in [2.45, 2.75) is 20.4 Å². The standard InChI is InChI=1S/C21H23N5O7S2/c1-13-10-25(20(31)23-19(13)30)11-16(27)24(12-17(28)29)8-9-26(35(32)33)21-22-18(14(2)34-21)15-6-4-3-5-7-15/h3-7,10H,8-9,11-12H2,1-2H3,(H,28,29)(H,32,33)(H,23,30,31). The molecule has 0 aliphatic rings. The SMILES string of the molecule is Cc1sc(N(CCN(CC(=O)O)C(=O)Cn2cc(C)c(=O)[nH]c2=O)S(=O)O)nc1-c1ccccc1. The van der Waals surface area contributed by atoms with Crippen LogP contribution in [0.25, 0.3) is 11.3 Å². The number of hydrogen-bond donors (Lipinski definition) is 3. The number of carboxylic acids is 1. The van der Waals surface area contributed by atoms with Crippen LogP contribution in [0.3, 0.4) is 0 Å². The molecular formula is C21H23N5O7S2. The van der Waals surface area contributed by atoms with Crippen LogP contribution in [0, 0.1) is 13.8 Å². The predicted octanol–water partition coefficient (Wildman–Crippen LogP) is 0.833. The Morgan fingerprint density at radius 3 is 2.49 bits per heavy atom. The first-order valence-electron chi connectivity index (χ1n) is 10.3. The summed E-state index contributed by atoms with van der Waals surface area (Å²) in [7, 11) is 0. The fourth-order valence-corrected chi connectivity index (χ4v) is 4.82. The summed E-state index contributed by atoms with van der Waals surface area (Å²) in [6.07, 6.45) is 1.20. The van der Waals surface area contributed by atoms with E-state index in [1.807, 2.05) is 37.3 Å². The molecule has 3 rings (SSSR count). The summed E-state index contributed by atoms with van der Waals surface area (Å²) in [5, 5.41) is 9.48. The van der Waals surface area contributed by atoms with Crippen LogP contribution in [0.5, 0.6) is 0 Å². The molecule has 0 saturated carbocycles. The highest BCUT2D eigenvalue weighted by Crippen LogP contribution is 2.32. The van der Waals surface area contributed by atoms with E-state index in [4.69, 9.17) is 0 Å². The number of aromatic nitrogens is 3. The van der Waals surface area contributed by atoms with E-state index in [9.17, 15) is 33.0 Å². The Labute approximate surface area is 205 Å². The Morgan fingerprint density at radius 2 is 1.86 bits per heavy atom. The second kappa shape index (κ2) is 11.2. The van der Waals surface area contributed by atoms with Crippen molar-refractivity contribution in [3.05, 3.63) is 67.8 Å².